The summed E-state index contributed by atoms with van der Waals surface area (Å²) in [5, 5.41) is 18.9. The van der Waals surface area contributed by atoms with E-state index in [2.05, 4.69) is 26.6 Å². The number of benzene rings is 1. The van der Waals surface area contributed by atoms with Gasteiger partial charge in [-0.1, -0.05) is 6.07 Å². The Labute approximate surface area is 106 Å². The Balaban J connectivity index is 1.85. The number of rotatable bonds is 5. The van der Waals surface area contributed by atoms with E-state index in [4.69, 9.17) is 5.26 Å². The van der Waals surface area contributed by atoms with Crippen molar-refractivity contribution in [1.82, 2.24) is 15.2 Å². The standard InChI is InChI=1S/C13H15N5/c1-10-4-5-12(11(7-10)8-14)15-6-2-3-13-16-9-17-18-13/h4-5,7,9,15H,2-3,6H2,1H3,(H,16,17,18). The van der Waals surface area contributed by atoms with E-state index in [1.807, 2.05) is 25.1 Å². The Morgan fingerprint density at radius 3 is 3.06 bits per heavy atom. The maximum atomic E-state index is 9.04. The van der Waals surface area contributed by atoms with Gasteiger partial charge in [-0.05, 0) is 31.0 Å². The number of anilines is 1. The molecule has 2 rings (SSSR count). The van der Waals surface area contributed by atoms with Gasteiger partial charge in [0, 0.05) is 13.0 Å². The van der Waals surface area contributed by atoms with Crippen LogP contribution in [-0.2, 0) is 6.42 Å². The second-order valence-corrected chi connectivity index (χ2v) is 4.12. The third-order valence-electron chi connectivity index (χ3n) is 2.67. The van der Waals surface area contributed by atoms with Gasteiger partial charge >= 0.3 is 0 Å². The average molecular weight is 241 g/mol. The van der Waals surface area contributed by atoms with Crippen LogP contribution in [0.3, 0.4) is 0 Å². The summed E-state index contributed by atoms with van der Waals surface area (Å²) in [7, 11) is 0. The van der Waals surface area contributed by atoms with Crippen LogP contribution in [0.2, 0.25) is 0 Å². The van der Waals surface area contributed by atoms with E-state index in [0.717, 1.165) is 36.5 Å². The van der Waals surface area contributed by atoms with Crippen LogP contribution < -0.4 is 5.32 Å². The summed E-state index contributed by atoms with van der Waals surface area (Å²) < 4.78 is 0. The molecule has 0 radical (unpaired) electrons. The van der Waals surface area contributed by atoms with Crippen LogP contribution >= 0.6 is 0 Å². The maximum Gasteiger partial charge on any atom is 0.137 e. The Hall–Kier alpha value is -2.35. The molecule has 92 valence electrons. The Kier molecular flexibility index (Phi) is 3.92. The highest BCUT2D eigenvalue weighted by molar-refractivity contribution is 5.58. The lowest BCUT2D eigenvalue weighted by molar-refractivity contribution is 0.805. The van der Waals surface area contributed by atoms with Crippen LogP contribution in [0.1, 0.15) is 23.4 Å². The van der Waals surface area contributed by atoms with E-state index in [1.54, 1.807) is 0 Å². The zero-order valence-electron chi connectivity index (χ0n) is 10.3. The van der Waals surface area contributed by atoms with Crippen molar-refractivity contribution in [2.24, 2.45) is 0 Å². The molecule has 5 nitrogen and oxygen atoms in total. The van der Waals surface area contributed by atoms with Crippen molar-refractivity contribution in [3.8, 4) is 6.07 Å². The molecule has 2 N–H and O–H groups in total. The molecule has 0 saturated heterocycles. The quantitative estimate of drug-likeness (QED) is 0.785. The summed E-state index contributed by atoms with van der Waals surface area (Å²) in [5.74, 6) is 0.890. The van der Waals surface area contributed by atoms with Crippen LogP contribution in [0.25, 0.3) is 0 Å². The van der Waals surface area contributed by atoms with E-state index in [0.29, 0.717) is 5.56 Å². The highest BCUT2D eigenvalue weighted by Gasteiger charge is 2.01. The third-order valence-corrected chi connectivity index (χ3v) is 2.67. The molecule has 0 aliphatic heterocycles. The highest BCUT2D eigenvalue weighted by atomic mass is 15.2. The van der Waals surface area contributed by atoms with Gasteiger partial charge in [-0.2, -0.15) is 10.4 Å². The molecule has 1 heterocycles. The number of H-pyrrole nitrogens is 1. The maximum absolute atomic E-state index is 9.04. The summed E-state index contributed by atoms with van der Waals surface area (Å²) >= 11 is 0. The molecule has 0 fully saturated rings. The van der Waals surface area contributed by atoms with E-state index < -0.39 is 0 Å². The summed E-state index contributed by atoms with van der Waals surface area (Å²) in [5.41, 5.74) is 2.68. The number of aromatic nitrogens is 3. The largest absolute Gasteiger partial charge is 0.384 e. The number of nitrogens with one attached hydrogen (secondary N) is 2. The van der Waals surface area contributed by atoms with Crippen LogP contribution in [0, 0.1) is 18.3 Å². The minimum Gasteiger partial charge on any atom is -0.384 e. The molecule has 2 aromatic rings. The third kappa shape index (κ3) is 3.08. The second kappa shape index (κ2) is 5.82. The number of hydrogen-bond donors (Lipinski definition) is 2. The molecule has 18 heavy (non-hydrogen) atoms. The lowest BCUT2D eigenvalue weighted by atomic mass is 10.1. The first-order valence-corrected chi connectivity index (χ1v) is 5.88. The predicted molar refractivity (Wildman–Crippen MR) is 69.1 cm³/mol. The van der Waals surface area contributed by atoms with Crippen molar-refractivity contribution >= 4 is 5.69 Å². The van der Waals surface area contributed by atoms with Gasteiger partial charge in [-0.25, -0.2) is 4.98 Å². The predicted octanol–water partition coefficient (Wildman–Crippen LogP) is 2.03. The van der Waals surface area contributed by atoms with Gasteiger partial charge in [0.25, 0.3) is 0 Å². The van der Waals surface area contributed by atoms with Crippen molar-refractivity contribution in [1.29, 1.82) is 5.26 Å². The Morgan fingerprint density at radius 1 is 1.44 bits per heavy atom. The Bertz CT molecular complexity index is 539. The molecular formula is C13H15N5. The first-order valence-electron chi connectivity index (χ1n) is 5.88. The fraction of sp³-hybridized carbons (Fsp3) is 0.308. The van der Waals surface area contributed by atoms with Crippen molar-refractivity contribution in [3.63, 3.8) is 0 Å². The number of nitriles is 1. The minimum atomic E-state index is 0.690. The molecule has 1 aromatic heterocycles. The van der Waals surface area contributed by atoms with Crippen molar-refractivity contribution in [2.45, 2.75) is 19.8 Å². The lowest BCUT2D eigenvalue weighted by Crippen LogP contribution is -2.05. The van der Waals surface area contributed by atoms with E-state index in [9.17, 15) is 0 Å². The van der Waals surface area contributed by atoms with Gasteiger partial charge in [0.2, 0.25) is 0 Å². The van der Waals surface area contributed by atoms with Gasteiger partial charge in [0.15, 0.2) is 0 Å². The van der Waals surface area contributed by atoms with Gasteiger partial charge in [0.1, 0.15) is 18.2 Å². The zero-order valence-corrected chi connectivity index (χ0v) is 10.3. The summed E-state index contributed by atoms with van der Waals surface area (Å²) in [6.07, 6.45) is 3.30. The van der Waals surface area contributed by atoms with Crippen LogP contribution in [-0.4, -0.2) is 21.7 Å². The number of aromatic amines is 1. The van der Waals surface area contributed by atoms with Gasteiger partial charge in [0.05, 0.1) is 11.3 Å². The van der Waals surface area contributed by atoms with E-state index in [1.165, 1.54) is 6.33 Å². The molecule has 0 amide bonds. The SMILES string of the molecule is Cc1ccc(NCCCc2ncn[nH]2)c(C#N)c1. The molecule has 0 bridgehead atoms. The molecular weight excluding hydrogens is 226 g/mol. The summed E-state index contributed by atoms with van der Waals surface area (Å²) in [4.78, 5) is 4.06. The van der Waals surface area contributed by atoms with Gasteiger partial charge in [-0.3, -0.25) is 5.10 Å². The topological polar surface area (TPSA) is 77.4 Å². The smallest absolute Gasteiger partial charge is 0.137 e. The van der Waals surface area contributed by atoms with Crippen molar-refractivity contribution in [3.05, 3.63) is 41.5 Å². The summed E-state index contributed by atoms with van der Waals surface area (Å²) in [6.45, 7) is 2.78. The molecule has 5 heteroatoms. The van der Waals surface area contributed by atoms with Crippen molar-refractivity contribution < 1.29 is 0 Å². The fourth-order valence-corrected chi connectivity index (χ4v) is 1.73. The molecule has 0 aliphatic rings. The van der Waals surface area contributed by atoms with E-state index >= 15 is 0 Å². The fourth-order valence-electron chi connectivity index (χ4n) is 1.73. The van der Waals surface area contributed by atoms with E-state index in [-0.39, 0.29) is 0 Å². The highest BCUT2D eigenvalue weighted by Crippen LogP contribution is 2.16. The van der Waals surface area contributed by atoms with Crippen LogP contribution in [0.4, 0.5) is 5.69 Å². The van der Waals surface area contributed by atoms with Crippen LogP contribution in [0.15, 0.2) is 24.5 Å². The lowest BCUT2D eigenvalue weighted by Gasteiger charge is -2.08. The molecule has 0 aliphatic carbocycles. The van der Waals surface area contributed by atoms with Gasteiger partial charge in [-0.15, -0.1) is 0 Å². The number of hydrogen-bond acceptors (Lipinski definition) is 4. The first kappa shape index (κ1) is 12.1. The molecule has 0 saturated carbocycles. The molecule has 0 atom stereocenters. The number of aryl methyl sites for hydroxylation is 2. The van der Waals surface area contributed by atoms with Crippen LogP contribution in [0.5, 0.6) is 0 Å². The van der Waals surface area contributed by atoms with Gasteiger partial charge < -0.3 is 5.32 Å². The zero-order chi connectivity index (χ0) is 12.8. The number of nitrogens with zero attached hydrogens (tertiary/aromatic N) is 3. The molecule has 0 unspecified atom stereocenters. The molecule has 1 aromatic carbocycles. The Morgan fingerprint density at radius 2 is 2.33 bits per heavy atom. The molecule has 0 spiro atoms. The normalized spacial score (nSPS) is 10.0. The minimum absolute atomic E-state index is 0.690. The average Bonchev–Trinajstić information content (AvgIpc) is 2.89. The first-order chi connectivity index (χ1) is 8.79. The second-order valence-electron chi connectivity index (χ2n) is 4.12. The summed E-state index contributed by atoms with van der Waals surface area (Å²) in [6, 6.07) is 8.03. The van der Waals surface area contributed by atoms with Crippen molar-refractivity contribution in [2.75, 3.05) is 11.9 Å². The monoisotopic (exact) mass is 241 g/mol.